The number of allylic oxidation sites excluding steroid dienone is 1. The molecular formula is C13H13ClO3. The van der Waals surface area contributed by atoms with Gasteiger partial charge in [-0.1, -0.05) is 23.8 Å². The van der Waals surface area contributed by atoms with E-state index in [0.717, 1.165) is 11.1 Å². The number of carbonyl (C=O) groups excluding carboxylic acids is 2. The Morgan fingerprint density at radius 3 is 2.41 bits per heavy atom. The Morgan fingerprint density at radius 1 is 1.29 bits per heavy atom. The average molecular weight is 253 g/mol. The molecule has 0 radical (unpaired) electrons. The van der Waals surface area contributed by atoms with Gasteiger partial charge in [0, 0.05) is 10.6 Å². The minimum Gasteiger partial charge on any atom is -0.460 e. The molecule has 1 aromatic carbocycles. The summed E-state index contributed by atoms with van der Waals surface area (Å²) in [6, 6.07) is 4.70. The Hall–Kier alpha value is -1.61. The van der Waals surface area contributed by atoms with Gasteiger partial charge in [0.2, 0.25) is 0 Å². The number of hydrogen-bond acceptors (Lipinski definition) is 3. The Balaban J connectivity index is 3.10. The van der Waals surface area contributed by atoms with E-state index in [0.29, 0.717) is 5.02 Å². The van der Waals surface area contributed by atoms with Crippen LogP contribution in [0.5, 0.6) is 0 Å². The summed E-state index contributed by atoms with van der Waals surface area (Å²) in [5, 5.41) is 0.387. The van der Waals surface area contributed by atoms with E-state index in [4.69, 9.17) is 11.6 Å². The molecule has 0 unspecified atom stereocenters. The molecule has 1 aromatic rings. The van der Waals surface area contributed by atoms with Crippen molar-refractivity contribution < 1.29 is 14.3 Å². The summed E-state index contributed by atoms with van der Waals surface area (Å²) in [5.74, 6) is -1.57. The Bertz CT molecular complexity index is 478. The molecule has 0 N–H and O–H groups in total. The van der Waals surface area contributed by atoms with Gasteiger partial charge in [0.05, 0.1) is 6.61 Å². The fourth-order valence-corrected chi connectivity index (χ4v) is 1.52. The zero-order valence-corrected chi connectivity index (χ0v) is 10.5. The summed E-state index contributed by atoms with van der Waals surface area (Å²) in [4.78, 5) is 23.0. The number of Topliss-reactive ketones (excluding diaryl/α,β-unsaturated/α-hetero) is 1. The normalized spacial score (nSPS) is 9.82. The summed E-state index contributed by atoms with van der Waals surface area (Å²) in [6.07, 6.45) is 0. The summed E-state index contributed by atoms with van der Waals surface area (Å²) in [5.41, 5.74) is 1.71. The third-order valence-electron chi connectivity index (χ3n) is 2.11. The quantitative estimate of drug-likeness (QED) is 0.470. The van der Waals surface area contributed by atoms with E-state index in [1.807, 2.05) is 0 Å². The van der Waals surface area contributed by atoms with Crippen LogP contribution in [0.15, 0.2) is 24.8 Å². The second-order valence-corrected chi connectivity index (χ2v) is 3.99. The van der Waals surface area contributed by atoms with Crippen LogP contribution in [-0.4, -0.2) is 18.4 Å². The Morgan fingerprint density at radius 2 is 1.88 bits per heavy atom. The van der Waals surface area contributed by atoms with Gasteiger partial charge in [0.15, 0.2) is 0 Å². The Labute approximate surface area is 105 Å². The zero-order valence-electron chi connectivity index (χ0n) is 9.75. The Kier molecular flexibility index (Phi) is 4.46. The molecule has 0 heterocycles. The van der Waals surface area contributed by atoms with E-state index in [1.54, 1.807) is 26.0 Å². The summed E-state index contributed by atoms with van der Waals surface area (Å²) in [7, 11) is 0. The van der Waals surface area contributed by atoms with Crippen molar-refractivity contribution in [1.29, 1.82) is 0 Å². The van der Waals surface area contributed by atoms with Gasteiger partial charge in [-0.15, -0.1) is 0 Å². The third-order valence-corrected chi connectivity index (χ3v) is 2.33. The molecule has 0 aliphatic heterocycles. The smallest absolute Gasteiger partial charge is 0.379 e. The fraction of sp³-hybridized carbons (Fsp3) is 0.231. The molecule has 0 saturated heterocycles. The molecule has 0 aliphatic carbocycles. The third kappa shape index (κ3) is 3.43. The van der Waals surface area contributed by atoms with Crippen LogP contribution in [0.4, 0.5) is 0 Å². The molecule has 3 nitrogen and oxygen atoms in total. The molecule has 0 saturated carbocycles. The second-order valence-electron chi connectivity index (χ2n) is 3.56. The molecule has 0 aromatic heterocycles. The number of halogens is 1. The van der Waals surface area contributed by atoms with Crippen LogP contribution >= 0.6 is 11.6 Å². The summed E-state index contributed by atoms with van der Waals surface area (Å²) in [6.45, 7) is 7.36. The first-order valence-electron chi connectivity index (χ1n) is 5.13. The van der Waals surface area contributed by atoms with Gasteiger partial charge in [-0.05, 0) is 37.6 Å². The predicted molar refractivity (Wildman–Crippen MR) is 67.1 cm³/mol. The summed E-state index contributed by atoms with van der Waals surface area (Å²) < 4.78 is 4.64. The predicted octanol–water partition coefficient (Wildman–Crippen LogP) is 3.12. The summed E-state index contributed by atoms with van der Waals surface area (Å²) >= 11 is 5.87. The highest BCUT2D eigenvalue weighted by atomic mass is 35.5. The van der Waals surface area contributed by atoms with Crippen molar-refractivity contribution in [2.24, 2.45) is 0 Å². The van der Waals surface area contributed by atoms with Crippen LogP contribution < -0.4 is 0 Å². The van der Waals surface area contributed by atoms with Gasteiger partial charge in [0.1, 0.15) is 0 Å². The first-order valence-corrected chi connectivity index (χ1v) is 5.51. The van der Waals surface area contributed by atoms with Crippen molar-refractivity contribution in [1.82, 2.24) is 0 Å². The van der Waals surface area contributed by atoms with Gasteiger partial charge >= 0.3 is 5.97 Å². The molecule has 90 valence electrons. The number of ketones is 1. The second kappa shape index (κ2) is 5.64. The maximum Gasteiger partial charge on any atom is 0.379 e. The topological polar surface area (TPSA) is 43.4 Å². The van der Waals surface area contributed by atoms with Crippen LogP contribution in [0.25, 0.3) is 5.57 Å². The number of carbonyl (C=O) groups is 2. The number of ether oxygens (including phenoxy) is 1. The lowest BCUT2D eigenvalue weighted by molar-refractivity contribution is -0.137. The highest BCUT2D eigenvalue weighted by molar-refractivity contribution is 6.41. The van der Waals surface area contributed by atoms with Gasteiger partial charge < -0.3 is 4.74 Å². The molecule has 17 heavy (non-hydrogen) atoms. The maximum absolute atomic E-state index is 11.7. The van der Waals surface area contributed by atoms with Gasteiger partial charge in [-0.3, -0.25) is 4.79 Å². The lowest BCUT2D eigenvalue weighted by Gasteiger charge is -2.05. The molecule has 0 amide bonds. The molecule has 4 heteroatoms. The molecule has 0 spiro atoms. The van der Waals surface area contributed by atoms with E-state index in [-0.39, 0.29) is 12.2 Å². The molecule has 0 fully saturated rings. The number of esters is 1. The van der Waals surface area contributed by atoms with Gasteiger partial charge in [-0.25, -0.2) is 4.79 Å². The van der Waals surface area contributed by atoms with Gasteiger partial charge in [-0.2, -0.15) is 0 Å². The van der Waals surface area contributed by atoms with Gasteiger partial charge in [0.25, 0.3) is 5.78 Å². The molecule has 0 aliphatic rings. The van der Waals surface area contributed by atoms with E-state index in [9.17, 15) is 9.59 Å². The minimum atomic E-state index is -0.873. The minimum absolute atomic E-state index is 0.165. The number of benzene rings is 1. The molecule has 1 rings (SSSR count). The first kappa shape index (κ1) is 13.5. The van der Waals surface area contributed by atoms with E-state index >= 15 is 0 Å². The lowest BCUT2D eigenvalue weighted by atomic mass is 10.0. The van der Waals surface area contributed by atoms with Crippen LogP contribution in [0.2, 0.25) is 5.02 Å². The van der Waals surface area contributed by atoms with Crippen molar-refractivity contribution in [2.45, 2.75) is 13.8 Å². The van der Waals surface area contributed by atoms with Crippen molar-refractivity contribution in [3.05, 3.63) is 40.9 Å². The molecule has 0 atom stereocenters. The van der Waals surface area contributed by atoms with Crippen LogP contribution in [0, 0.1) is 0 Å². The number of hydrogen-bond donors (Lipinski definition) is 0. The largest absolute Gasteiger partial charge is 0.460 e. The van der Waals surface area contributed by atoms with Crippen molar-refractivity contribution >= 4 is 28.9 Å². The molecular weight excluding hydrogens is 240 g/mol. The SMILES string of the molecule is C=C(C)c1cc(Cl)cc(C(=O)C(=O)OCC)c1. The van der Waals surface area contributed by atoms with Crippen molar-refractivity contribution in [3.8, 4) is 0 Å². The maximum atomic E-state index is 11.7. The lowest BCUT2D eigenvalue weighted by Crippen LogP contribution is -2.17. The molecule has 0 bridgehead atoms. The highest BCUT2D eigenvalue weighted by Gasteiger charge is 2.18. The fourth-order valence-electron chi connectivity index (χ4n) is 1.28. The van der Waals surface area contributed by atoms with Crippen molar-refractivity contribution in [3.63, 3.8) is 0 Å². The van der Waals surface area contributed by atoms with E-state index in [2.05, 4.69) is 11.3 Å². The van der Waals surface area contributed by atoms with Crippen LogP contribution in [-0.2, 0) is 9.53 Å². The standard InChI is InChI=1S/C13H13ClO3/c1-4-17-13(16)12(15)10-5-9(8(2)3)6-11(14)7-10/h5-7H,2,4H2,1,3H3. The monoisotopic (exact) mass is 252 g/mol. The first-order chi connectivity index (χ1) is 7.95. The average Bonchev–Trinajstić information content (AvgIpc) is 2.27. The highest BCUT2D eigenvalue weighted by Crippen LogP contribution is 2.20. The van der Waals surface area contributed by atoms with E-state index in [1.165, 1.54) is 6.07 Å². The number of rotatable bonds is 4. The van der Waals surface area contributed by atoms with E-state index < -0.39 is 11.8 Å². The van der Waals surface area contributed by atoms with Crippen molar-refractivity contribution in [2.75, 3.05) is 6.61 Å². The zero-order chi connectivity index (χ0) is 13.0. The van der Waals surface area contributed by atoms with Crippen LogP contribution in [0.1, 0.15) is 29.8 Å². The van der Waals surface area contributed by atoms with Crippen LogP contribution in [0.3, 0.4) is 0 Å².